The molecule has 1 amide bonds. The zero-order chi connectivity index (χ0) is 18.7. The fourth-order valence-corrected chi connectivity index (χ4v) is 3.08. The first-order valence-electron chi connectivity index (χ1n) is 8.23. The van der Waals surface area contributed by atoms with Gasteiger partial charge in [0, 0.05) is 17.8 Å². The molecular weight excluding hydrogens is 340 g/mol. The lowest BCUT2D eigenvalue weighted by Gasteiger charge is -2.38. The van der Waals surface area contributed by atoms with Crippen molar-refractivity contribution in [1.82, 2.24) is 20.5 Å². The number of aromatic amines is 2. The zero-order valence-electron chi connectivity index (χ0n) is 14.2. The van der Waals surface area contributed by atoms with Gasteiger partial charge in [0.15, 0.2) is 0 Å². The molecule has 1 atom stereocenters. The van der Waals surface area contributed by atoms with Gasteiger partial charge in [-0.1, -0.05) is 0 Å². The van der Waals surface area contributed by atoms with E-state index in [-0.39, 0.29) is 30.0 Å². The van der Waals surface area contributed by atoms with Crippen molar-refractivity contribution < 1.29 is 14.6 Å². The molecular formula is C17H20N4O5. The second-order valence-corrected chi connectivity index (χ2v) is 6.38. The van der Waals surface area contributed by atoms with Crippen molar-refractivity contribution in [2.45, 2.75) is 31.4 Å². The number of carbonyl (C=O) groups excluding carboxylic acids is 1. The van der Waals surface area contributed by atoms with Crippen LogP contribution in [0.4, 0.5) is 0 Å². The van der Waals surface area contributed by atoms with E-state index in [9.17, 15) is 19.5 Å². The van der Waals surface area contributed by atoms with Gasteiger partial charge in [-0.3, -0.25) is 29.6 Å². The number of rotatable bonds is 6. The standard InChI is InChI=1S/C17H20N4O5/c1-26-13-4-11(7-18-8-13)16(9-2-12(22)3-9)19-14(23)5-10-6-15(24)20-21-17(10)25/h4,6-9,12,16,22H,2-3,5H2,1H3,(H,19,23)(H,20,24)(H,21,25). The Balaban J connectivity index is 1.79. The normalized spacial score (nSPS) is 20.1. The Labute approximate surface area is 148 Å². The van der Waals surface area contributed by atoms with Crippen LogP contribution in [0.25, 0.3) is 0 Å². The number of nitrogens with one attached hydrogen (secondary N) is 3. The molecule has 1 aliphatic carbocycles. The predicted molar refractivity (Wildman–Crippen MR) is 91.8 cm³/mol. The molecule has 26 heavy (non-hydrogen) atoms. The fourth-order valence-electron chi connectivity index (χ4n) is 3.08. The third kappa shape index (κ3) is 3.99. The lowest BCUT2D eigenvalue weighted by molar-refractivity contribution is -0.122. The fraction of sp³-hybridized carbons (Fsp3) is 0.412. The average molecular weight is 360 g/mol. The minimum absolute atomic E-state index is 0.0558. The Kier molecular flexibility index (Phi) is 5.17. The van der Waals surface area contributed by atoms with E-state index < -0.39 is 17.0 Å². The molecule has 3 rings (SSSR count). The average Bonchev–Trinajstić information content (AvgIpc) is 2.60. The molecule has 4 N–H and O–H groups in total. The van der Waals surface area contributed by atoms with Gasteiger partial charge in [-0.15, -0.1) is 0 Å². The first kappa shape index (κ1) is 17.9. The smallest absolute Gasteiger partial charge is 0.266 e. The summed E-state index contributed by atoms with van der Waals surface area (Å²) in [4.78, 5) is 39.6. The molecule has 138 valence electrons. The number of aliphatic hydroxyl groups excluding tert-OH is 1. The van der Waals surface area contributed by atoms with Gasteiger partial charge in [0.25, 0.3) is 11.1 Å². The van der Waals surface area contributed by atoms with Gasteiger partial charge in [0.1, 0.15) is 5.75 Å². The number of aromatic nitrogens is 3. The van der Waals surface area contributed by atoms with Gasteiger partial charge in [-0.05, 0) is 30.4 Å². The van der Waals surface area contributed by atoms with E-state index in [0.717, 1.165) is 11.6 Å². The van der Waals surface area contributed by atoms with E-state index in [2.05, 4.69) is 20.5 Å². The van der Waals surface area contributed by atoms with Crippen LogP contribution in [0.1, 0.15) is 30.0 Å². The molecule has 0 aliphatic heterocycles. The van der Waals surface area contributed by atoms with Crippen LogP contribution in [0.5, 0.6) is 5.75 Å². The predicted octanol–water partition coefficient (Wildman–Crippen LogP) is -0.362. The quantitative estimate of drug-likeness (QED) is 0.555. The van der Waals surface area contributed by atoms with Gasteiger partial charge >= 0.3 is 0 Å². The summed E-state index contributed by atoms with van der Waals surface area (Å²) >= 11 is 0. The molecule has 1 saturated carbocycles. The molecule has 0 radical (unpaired) electrons. The molecule has 9 nitrogen and oxygen atoms in total. The molecule has 2 aromatic heterocycles. The number of carbonyl (C=O) groups is 1. The van der Waals surface area contributed by atoms with Crippen molar-refractivity contribution in [3.63, 3.8) is 0 Å². The number of pyridine rings is 1. The van der Waals surface area contributed by atoms with E-state index in [1.165, 1.54) is 7.11 Å². The van der Waals surface area contributed by atoms with Crippen LogP contribution in [-0.4, -0.2) is 39.4 Å². The van der Waals surface area contributed by atoms with Gasteiger partial charge in [0.2, 0.25) is 5.91 Å². The third-order valence-corrected chi connectivity index (χ3v) is 4.51. The molecule has 2 aromatic rings. The highest BCUT2D eigenvalue weighted by molar-refractivity contribution is 5.79. The summed E-state index contributed by atoms with van der Waals surface area (Å²) in [5.41, 5.74) is -0.154. The summed E-state index contributed by atoms with van der Waals surface area (Å²) in [6, 6.07) is 2.52. The number of hydrogen-bond donors (Lipinski definition) is 4. The van der Waals surface area contributed by atoms with Crippen LogP contribution in [0.3, 0.4) is 0 Å². The van der Waals surface area contributed by atoms with Crippen LogP contribution in [-0.2, 0) is 11.2 Å². The largest absolute Gasteiger partial charge is 0.495 e. The topological polar surface area (TPSA) is 137 Å². The summed E-state index contributed by atoms with van der Waals surface area (Å²) in [5, 5.41) is 16.9. The molecule has 0 spiro atoms. The maximum Gasteiger partial charge on any atom is 0.266 e. The molecule has 9 heteroatoms. The van der Waals surface area contributed by atoms with Crippen LogP contribution in [0.15, 0.2) is 34.1 Å². The number of H-pyrrole nitrogens is 2. The highest BCUT2D eigenvalue weighted by Gasteiger charge is 2.36. The molecule has 1 unspecified atom stereocenters. The van der Waals surface area contributed by atoms with E-state index in [1.807, 2.05) is 0 Å². The van der Waals surface area contributed by atoms with Crippen molar-refractivity contribution in [2.75, 3.05) is 7.11 Å². The minimum Gasteiger partial charge on any atom is -0.495 e. The number of ether oxygens (including phenoxy) is 1. The Bertz CT molecular complexity index is 900. The number of aliphatic hydroxyl groups is 1. The molecule has 1 fully saturated rings. The summed E-state index contributed by atoms with van der Waals surface area (Å²) in [5.74, 6) is 0.225. The van der Waals surface area contributed by atoms with Gasteiger partial charge in [0.05, 0.1) is 31.9 Å². The monoisotopic (exact) mass is 360 g/mol. The number of hydrogen-bond acceptors (Lipinski definition) is 6. The van der Waals surface area contributed by atoms with E-state index in [0.29, 0.717) is 18.6 Å². The Morgan fingerprint density at radius 2 is 2.12 bits per heavy atom. The molecule has 0 bridgehead atoms. The number of nitrogens with zero attached hydrogens (tertiary/aromatic N) is 1. The maximum atomic E-state index is 12.4. The van der Waals surface area contributed by atoms with E-state index >= 15 is 0 Å². The Hall–Kier alpha value is -2.94. The van der Waals surface area contributed by atoms with Gasteiger partial charge < -0.3 is 15.2 Å². The zero-order valence-corrected chi connectivity index (χ0v) is 14.2. The van der Waals surface area contributed by atoms with Crippen molar-refractivity contribution in [3.8, 4) is 5.75 Å². The first-order chi connectivity index (χ1) is 12.5. The van der Waals surface area contributed by atoms with Gasteiger partial charge in [-0.25, -0.2) is 0 Å². The van der Waals surface area contributed by atoms with Crippen LogP contribution in [0, 0.1) is 5.92 Å². The SMILES string of the molecule is COc1cncc(C(NC(=O)Cc2cc(=O)[nH][nH]c2=O)C2CC(O)C2)c1. The minimum atomic E-state index is -0.515. The van der Waals surface area contributed by atoms with Gasteiger partial charge in [-0.2, -0.15) is 0 Å². The van der Waals surface area contributed by atoms with E-state index in [1.54, 1.807) is 18.5 Å². The Morgan fingerprint density at radius 3 is 2.81 bits per heavy atom. The summed E-state index contributed by atoms with van der Waals surface area (Å²) in [6.07, 6.45) is 3.73. The van der Waals surface area contributed by atoms with Crippen molar-refractivity contribution in [1.29, 1.82) is 0 Å². The van der Waals surface area contributed by atoms with Crippen LogP contribution in [0.2, 0.25) is 0 Å². The number of methoxy groups -OCH3 is 1. The summed E-state index contributed by atoms with van der Waals surface area (Å²) in [6.45, 7) is 0. The second-order valence-electron chi connectivity index (χ2n) is 6.38. The van der Waals surface area contributed by atoms with Crippen molar-refractivity contribution in [2.24, 2.45) is 5.92 Å². The summed E-state index contributed by atoms with van der Waals surface area (Å²) in [7, 11) is 1.53. The van der Waals surface area contributed by atoms with Crippen molar-refractivity contribution in [3.05, 3.63) is 56.4 Å². The molecule has 1 aliphatic rings. The lowest BCUT2D eigenvalue weighted by Crippen LogP contribution is -2.42. The van der Waals surface area contributed by atoms with Crippen LogP contribution >= 0.6 is 0 Å². The lowest BCUT2D eigenvalue weighted by atomic mass is 9.75. The molecule has 0 saturated heterocycles. The first-order valence-corrected chi connectivity index (χ1v) is 8.23. The summed E-state index contributed by atoms with van der Waals surface area (Å²) < 4.78 is 5.18. The highest BCUT2D eigenvalue weighted by atomic mass is 16.5. The number of amides is 1. The van der Waals surface area contributed by atoms with E-state index in [4.69, 9.17) is 4.74 Å². The Morgan fingerprint density at radius 1 is 1.35 bits per heavy atom. The second kappa shape index (κ2) is 7.52. The molecule has 0 aromatic carbocycles. The molecule has 2 heterocycles. The highest BCUT2D eigenvalue weighted by Crippen LogP contribution is 2.38. The van der Waals surface area contributed by atoms with Crippen LogP contribution < -0.4 is 21.2 Å². The van der Waals surface area contributed by atoms with Crippen molar-refractivity contribution >= 4 is 5.91 Å². The maximum absolute atomic E-state index is 12.4. The third-order valence-electron chi connectivity index (χ3n) is 4.51.